The minimum atomic E-state index is -0.536. The maximum atomic E-state index is 14.4. The van der Waals surface area contributed by atoms with Crippen LogP contribution in [0.15, 0.2) is 55.0 Å². The molecule has 1 N–H and O–H groups in total. The Kier molecular flexibility index (Phi) is 6.23. The van der Waals surface area contributed by atoms with Gasteiger partial charge < -0.3 is 14.8 Å². The molecule has 4 aromatic rings. The number of carbonyl (C=O) groups is 1. The standard InChI is InChI=1S/C23H20ClFN4O3/c1-3-32-22(30)20-21-15(14-7-5-4-6-8-14)11-26-23(29(21)13-28-20)27-12-16-17(25)9-10-18(31-2)19(16)24/h4-11,13H,3,12H2,1-2H3,(H,26,27). The van der Waals surface area contributed by atoms with E-state index in [1.54, 1.807) is 17.5 Å². The third-order valence-corrected chi connectivity index (χ3v) is 5.33. The van der Waals surface area contributed by atoms with Crippen LogP contribution < -0.4 is 10.1 Å². The zero-order valence-electron chi connectivity index (χ0n) is 17.4. The first-order valence-corrected chi connectivity index (χ1v) is 10.3. The number of hydrogen-bond donors (Lipinski definition) is 1. The number of imidazole rings is 1. The van der Waals surface area contributed by atoms with Gasteiger partial charge in [0.05, 0.1) is 24.3 Å². The Bertz CT molecular complexity index is 1280. The number of methoxy groups -OCH3 is 1. The van der Waals surface area contributed by atoms with E-state index in [2.05, 4.69) is 15.3 Å². The van der Waals surface area contributed by atoms with E-state index in [4.69, 9.17) is 21.1 Å². The van der Waals surface area contributed by atoms with Gasteiger partial charge in [0.2, 0.25) is 5.95 Å². The van der Waals surface area contributed by atoms with Crippen molar-refractivity contribution in [2.75, 3.05) is 19.0 Å². The Balaban J connectivity index is 1.78. The number of aromatic nitrogens is 3. The van der Waals surface area contributed by atoms with Crippen LogP contribution in [0, 0.1) is 5.82 Å². The first-order valence-electron chi connectivity index (χ1n) is 9.88. The molecule has 0 spiro atoms. The summed E-state index contributed by atoms with van der Waals surface area (Å²) in [5.74, 6) is -0.278. The van der Waals surface area contributed by atoms with Gasteiger partial charge in [0.15, 0.2) is 5.69 Å². The van der Waals surface area contributed by atoms with Crippen molar-refractivity contribution < 1.29 is 18.7 Å². The summed E-state index contributed by atoms with van der Waals surface area (Å²) in [7, 11) is 1.46. The number of nitrogens with one attached hydrogen (secondary N) is 1. The van der Waals surface area contributed by atoms with Crippen molar-refractivity contribution in [3.8, 4) is 16.9 Å². The van der Waals surface area contributed by atoms with Crippen LogP contribution in [0.1, 0.15) is 23.0 Å². The molecule has 0 fully saturated rings. The summed E-state index contributed by atoms with van der Waals surface area (Å²) in [6, 6.07) is 12.3. The first kappa shape index (κ1) is 21.6. The molecule has 0 unspecified atom stereocenters. The third-order valence-electron chi connectivity index (χ3n) is 4.91. The molecule has 0 aliphatic rings. The second-order valence-corrected chi connectivity index (χ2v) is 7.17. The van der Waals surface area contributed by atoms with Crippen LogP contribution in [-0.2, 0) is 11.3 Å². The van der Waals surface area contributed by atoms with E-state index in [-0.39, 0.29) is 29.4 Å². The average Bonchev–Trinajstić information content (AvgIpc) is 3.25. The van der Waals surface area contributed by atoms with Gasteiger partial charge in [-0.2, -0.15) is 0 Å². The molecule has 32 heavy (non-hydrogen) atoms. The lowest BCUT2D eigenvalue weighted by Gasteiger charge is -2.14. The number of nitrogens with zero attached hydrogens (tertiary/aromatic N) is 3. The van der Waals surface area contributed by atoms with Crippen molar-refractivity contribution in [3.05, 3.63) is 77.1 Å². The summed E-state index contributed by atoms with van der Waals surface area (Å²) in [6.45, 7) is 2.00. The Hall–Kier alpha value is -3.65. The largest absolute Gasteiger partial charge is 0.495 e. The van der Waals surface area contributed by atoms with E-state index < -0.39 is 11.8 Å². The molecule has 7 nitrogen and oxygen atoms in total. The second kappa shape index (κ2) is 9.23. The van der Waals surface area contributed by atoms with E-state index in [0.29, 0.717) is 22.8 Å². The highest BCUT2D eigenvalue weighted by atomic mass is 35.5. The van der Waals surface area contributed by atoms with Crippen molar-refractivity contribution >= 4 is 29.0 Å². The number of ether oxygens (including phenoxy) is 2. The van der Waals surface area contributed by atoms with Gasteiger partial charge >= 0.3 is 5.97 Å². The zero-order chi connectivity index (χ0) is 22.7. The topological polar surface area (TPSA) is 77.8 Å². The van der Waals surface area contributed by atoms with Crippen molar-refractivity contribution in [2.45, 2.75) is 13.5 Å². The molecule has 0 radical (unpaired) electrons. The quantitative estimate of drug-likeness (QED) is 0.396. The lowest BCUT2D eigenvalue weighted by atomic mass is 10.1. The van der Waals surface area contributed by atoms with Crippen LogP contribution in [0.5, 0.6) is 5.75 Å². The van der Waals surface area contributed by atoms with Crippen molar-refractivity contribution in [3.63, 3.8) is 0 Å². The summed E-state index contributed by atoms with van der Waals surface area (Å²) in [4.78, 5) is 21.3. The van der Waals surface area contributed by atoms with Crippen LogP contribution >= 0.6 is 11.6 Å². The highest BCUT2D eigenvalue weighted by Crippen LogP contribution is 2.32. The molecule has 2 heterocycles. The van der Waals surface area contributed by atoms with Gasteiger partial charge in [-0.15, -0.1) is 0 Å². The summed E-state index contributed by atoms with van der Waals surface area (Å²) in [6.07, 6.45) is 3.12. The van der Waals surface area contributed by atoms with Gasteiger partial charge in [-0.1, -0.05) is 41.9 Å². The van der Waals surface area contributed by atoms with Crippen LogP contribution in [0.3, 0.4) is 0 Å². The number of rotatable bonds is 7. The lowest BCUT2D eigenvalue weighted by molar-refractivity contribution is 0.0522. The Labute approximate surface area is 188 Å². The van der Waals surface area contributed by atoms with Crippen LogP contribution in [0.2, 0.25) is 5.02 Å². The maximum Gasteiger partial charge on any atom is 0.359 e. The fourth-order valence-electron chi connectivity index (χ4n) is 3.39. The molecule has 0 saturated heterocycles. The lowest BCUT2D eigenvalue weighted by Crippen LogP contribution is -2.10. The smallest absolute Gasteiger partial charge is 0.359 e. The molecule has 0 aliphatic heterocycles. The van der Waals surface area contributed by atoms with Gasteiger partial charge in [0.1, 0.15) is 17.9 Å². The van der Waals surface area contributed by atoms with Crippen LogP contribution in [0.4, 0.5) is 10.3 Å². The second-order valence-electron chi connectivity index (χ2n) is 6.79. The third kappa shape index (κ3) is 3.97. The predicted molar refractivity (Wildman–Crippen MR) is 120 cm³/mol. The number of anilines is 1. The van der Waals surface area contributed by atoms with Gasteiger partial charge in [-0.25, -0.2) is 19.2 Å². The fraction of sp³-hybridized carbons (Fsp3) is 0.174. The molecule has 164 valence electrons. The minimum absolute atomic E-state index is 0.0432. The Morgan fingerprint density at radius 2 is 1.97 bits per heavy atom. The average molecular weight is 455 g/mol. The predicted octanol–water partition coefficient (Wildman–Crippen LogP) is 4.99. The highest BCUT2D eigenvalue weighted by Gasteiger charge is 2.21. The summed E-state index contributed by atoms with van der Waals surface area (Å²) < 4.78 is 26.4. The molecule has 0 atom stereocenters. The minimum Gasteiger partial charge on any atom is -0.495 e. The monoisotopic (exact) mass is 454 g/mol. The van der Waals surface area contributed by atoms with Gasteiger partial charge in [0.25, 0.3) is 0 Å². The first-order chi connectivity index (χ1) is 15.5. The molecule has 0 saturated carbocycles. The molecule has 2 aromatic heterocycles. The Morgan fingerprint density at radius 3 is 2.69 bits per heavy atom. The number of carbonyl (C=O) groups excluding carboxylic acids is 1. The summed E-state index contributed by atoms with van der Waals surface area (Å²) in [5, 5.41) is 3.26. The molecule has 4 rings (SSSR count). The fourth-order valence-corrected chi connectivity index (χ4v) is 3.68. The van der Waals surface area contributed by atoms with Crippen LogP contribution in [-0.4, -0.2) is 34.1 Å². The number of halogens is 2. The van der Waals surface area contributed by atoms with Gasteiger partial charge in [-0.05, 0) is 24.6 Å². The molecule has 9 heteroatoms. The van der Waals surface area contributed by atoms with Crippen molar-refractivity contribution in [1.82, 2.24) is 14.4 Å². The molecule has 0 aliphatic carbocycles. The van der Waals surface area contributed by atoms with Crippen LogP contribution in [0.25, 0.3) is 16.6 Å². The molecular formula is C23H20ClFN4O3. The SMILES string of the molecule is CCOC(=O)c1ncn2c(NCc3c(F)ccc(OC)c3Cl)ncc(-c3ccccc3)c12. The summed E-state index contributed by atoms with van der Waals surface area (Å²) >= 11 is 6.28. The van der Waals surface area contributed by atoms with Gasteiger partial charge in [-0.3, -0.25) is 4.40 Å². The van der Waals surface area contributed by atoms with Gasteiger partial charge in [0, 0.05) is 23.9 Å². The van der Waals surface area contributed by atoms with Crippen molar-refractivity contribution in [1.29, 1.82) is 0 Å². The van der Waals surface area contributed by atoms with E-state index in [0.717, 1.165) is 5.56 Å². The van der Waals surface area contributed by atoms with E-state index in [1.165, 1.54) is 25.6 Å². The van der Waals surface area contributed by atoms with Crippen molar-refractivity contribution in [2.24, 2.45) is 0 Å². The van der Waals surface area contributed by atoms with E-state index >= 15 is 0 Å². The number of fused-ring (bicyclic) bond motifs is 1. The Morgan fingerprint density at radius 1 is 1.19 bits per heavy atom. The van der Waals surface area contributed by atoms with E-state index in [9.17, 15) is 9.18 Å². The normalized spacial score (nSPS) is 10.9. The maximum absolute atomic E-state index is 14.4. The highest BCUT2D eigenvalue weighted by molar-refractivity contribution is 6.32. The number of esters is 1. The molecular weight excluding hydrogens is 435 g/mol. The summed E-state index contributed by atoms with van der Waals surface area (Å²) in [5.41, 5.74) is 2.51. The molecule has 0 bridgehead atoms. The zero-order valence-corrected chi connectivity index (χ0v) is 18.2. The molecule has 0 amide bonds. The molecule has 2 aromatic carbocycles. The number of hydrogen-bond acceptors (Lipinski definition) is 6. The van der Waals surface area contributed by atoms with E-state index in [1.807, 2.05) is 30.3 Å². The number of benzene rings is 2.